The van der Waals surface area contributed by atoms with Crippen LogP contribution >= 0.6 is 27.5 Å². The molecule has 0 heterocycles. The predicted molar refractivity (Wildman–Crippen MR) is 131 cm³/mol. The minimum Gasteiger partial charge on any atom is -0.354 e. The number of nitrogens with one attached hydrogen (secondary N) is 1. The van der Waals surface area contributed by atoms with E-state index in [4.69, 9.17) is 11.6 Å². The lowest BCUT2D eigenvalue weighted by molar-refractivity contribution is -0.139. The molecule has 0 aliphatic heterocycles. The number of hydrogen-bond donors (Lipinski definition) is 1. The molecule has 7 nitrogen and oxygen atoms in total. The summed E-state index contributed by atoms with van der Waals surface area (Å²) in [6.07, 6.45) is 1.79. The highest BCUT2D eigenvalue weighted by Gasteiger charge is 2.30. The van der Waals surface area contributed by atoms with E-state index in [9.17, 15) is 18.0 Å². The van der Waals surface area contributed by atoms with Gasteiger partial charge in [0.05, 0.1) is 11.9 Å². The molecule has 0 saturated heterocycles. The summed E-state index contributed by atoms with van der Waals surface area (Å²) < 4.78 is 26.8. The van der Waals surface area contributed by atoms with Crippen molar-refractivity contribution in [2.45, 2.75) is 32.9 Å². The Kier molecular flexibility index (Phi) is 9.54. The first-order chi connectivity index (χ1) is 15.0. The smallest absolute Gasteiger partial charge is 0.244 e. The van der Waals surface area contributed by atoms with Crippen molar-refractivity contribution in [2.24, 2.45) is 0 Å². The van der Waals surface area contributed by atoms with Crippen LogP contribution < -0.4 is 9.62 Å². The molecule has 0 bridgehead atoms. The van der Waals surface area contributed by atoms with Crippen LogP contribution in [-0.2, 0) is 26.2 Å². The molecule has 1 atom stereocenters. The first kappa shape index (κ1) is 26.2. The molecule has 0 radical (unpaired) electrons. The summed E-state index contributed by atoms with van der Waals surface area (Å²) in [5.41, 5.74) is 1.01. The molecule has 10 heteroatoms. The number of halogens is 2. The number of amides is 2. The van der Waals surface area contributed by atoms with Crippen LogP contribution in [-0.4, -0.2) is 50.5 Å². The molecule has 1 N–H and O–H groups in total. The fourth-order valence-electron chi connectivity index (χ4n) is 3.01. The Morgan fingerprint density at radius 2 is 1.75 bits per heavy atom. The number of nitrogens with zero attached hydrogens (tertiary/aromatic N) is 2. The summed E-state index contributed by atoms with van der Waals surface area (Å²) in [5, 5.41) is 3.24. The third kappa shape index (κ3) is 7.21. The Morgan fingerprint density at radius 1 is 1.12 bits per heavy atom. The van der Waals surface area contributed by atoms with Crippen LogP contribution in [0.4, 0.5) is 5.69 Å². The average Bonchev–Trinajstić information content (AvgIpc) is 2.74. The van der Waals surface area contributed by atoms with E-state index in [0.29, 0.717) is 22.8 Å². The number of benzene rings is 2. The van der Waals surface area contributed by atoms with Gasteiger partial charge < -0.3 is 10.2 Å². The summed E-state index contributed by atoms with van der Waals surface area (Å²) in [7, 11) is -3.76. The van der Waals surface area contributed by atoms with Gasteiger partial charge in [0.1, 0.15) is 12.6 Å². The number of sulfonamides is 1. The van der Waals surface area contributed by atoms with Crippen LogP contribution in [0.1, 0.15) is 25.8 Å². The lowest BCUT2D eigenvalue weighted by Gasteiger charge is -2.31. The van der Waals surface area contributed by atoms with Gasteiger partial charge in [-0.1, -0.05) is 52.7 Å². The second-order valence-corrected chi connectivity index (χ2v) is 10.6. The van der Waals surface area contributed by atoms with Gasteiger partial charge >= 0.3 is 0 Å². The van der Waals surface area contributed by atoms with Crippen molar-refractivity contribution in [1.82, 2.24) is 10.2 Å². The number of anilines is 1. The van der Waals surface area contributed by atoms with E-state index >= 15 is 0 Å². The van der Waals surface area contributed by atoms with Gasteiger partial charge in [-0.05, 0) is 49.2 Å². The average molecular weight is 545 g/mol. The Bertz CT molecular complexity index is 1050. The number of carbonyl (C=O) groups excluding carboxylic acids is 2. The maximum atomic E-state index is 13.4. The Balaban J connectivity index is 2.37. The zero-order chi connectivity index (χ0) is 23.9. The van der Waals surface area contributed by atoms with Crippen LogP contribution in [0.2, 0.25) is 5.02 Å². The molecule has 0 spiro atoms. The minimum atomic E-state index is -3.76. The van der Waals surface area contributed by atoms with Crippen molar-refractivity contribution >= 4 is 55.1 Å². The topological polar surface area (TPSA) is 86.8 Å². The number of carbonyl (C=O) groups is 2. The fourth-order valence-corrected chi connectivity index (χ4v) is 4.32. The van der Waals surface area contributed by atoms with Crippen LogP contribution in [0.3, 0.4) is 0 Å². The van der Waals surface area contributed by atoms with Gasteiger partial charge in [-0.3, -0.25) is 13.9 Å². The van der Waals surface area contributed by atoms with Crippen LogP contribution in [0, 0.1) is 0 Å². The first-order valence-corrected chi connectivity index (χ1v) is 13.1. The Hall–Kier alpha value is -2.10. The fraction of sp³-hybridized carbons (Fsp3) is 0.364. The normalized spacial score (nSPS) is 12.2. The van der Waals surface area contributed by atoms with Crippen molar-refractivity contribution in [3.05, 3.63) is 63.6 Å². The van der Waals surface area contributed by atoms with Crippen LogP contribution in [0.5, 0.6) is 0 Å². The standard InChI is InChI=1S/C22H27BrClN3O4S/c1-4-13-25-22(29)16(2)26(14-17-7-5-6-8-20(17)24)21(28)15-27(32(3,30)31)19-11-9-18(23)10-12-19/h5-12,16H,4,13-15H2,1-3H3,(H,25,29)/t16-/m0/s1. The van der Waals surface area contributed by atoms with Gasteiger partial charge in [-0.25, -0.2) is 8.42 Å². The van der Waals surface area contributed by atoms with Crippen LogP contribution in [0.25, 0.3) is 0 Å². The van der Waals surface area contributed by atoms with E-state index in [1.807, 2.05) is 6.92 Å². The highest BCUT2D eigenvalue weighted by atomic mass is 79.9. The molecule has 0 aliphatic carbocycles. The summed E-state index contributed by atoms with van der Waals surface area (Å²) in [4.78, 5) is 27.4. The lowest BCUT2D eigenvalue weighted by Crippen LogP contribution is -2.51. The van der Waals surface area contributed by atoms with Gasteiger partial charge in [0.25, 0.3) is 0 Å². The molecule has 32 heavy (non-hydrogen) atoms. The quantitative estimate of drug-likeness (QED) is 0.493. The van der Waals surface area contributed by atoms with Crippen molar-refractivity contribution in [3.63, 3.8) is 0 Å². The lowest BCUT2D eigenvalue weighted by atomic mass is 10.1. The number of hydrogen-bond acceptors (Lipinski definition) is 4. The molecule has 0 unspecified atom stereocenters. The molecule has 0 aliphatic rings. The molecule has 2 rings (SSSR count). The summed E-state index contributed by atoms with van der Waals surface area (Å²) in [6, 6.07) is 12.8. The zero-order valence-corrected chi connectivity index (χ0v) is 21.4. The van der Waals surface area contributed by atoms with Gasteiger partial charge in [0, 0.05) is 22.6 Å². The highest BCUT2D eigenvalue weighted by molar-refractivity contribution is 9.10. The molecule has 0 saturated carbocycles. The van der Waals surface area contributed by atoms with E-state index in [2.05, 4.69) is 21.2 Å². The van der Waals surface area contributed by atoms with E-state index in [1.165, 1.54) is 4.90 Å². The van der Waals surface area contributed by atoms with Crippen molar-refractivity contribution in [2.75, 3.05) is 23.7 Å². The van der Waals surface area contributed by atoms with Gasteiger partial charge in [0.15, 0.2) is 0 Å². The third-order valence-corrected chi connectivity index (χ3v) is 6.85. The van der Waals surface area contributed by atoms with Crippen molar-refractivity contribution in [1.29, 1.82) is 0 Å². The monoisotopic (exact) mass is 543 g/mol. The molecule has 2 aromatic carbocycles. The second-order valence-electron chi connectivity index (χ2n) is 7.33. The Morgan fingerprint density at radius 3 is 2.31 bits per heavy atom. The summed E-state index contributed by atoms with van der Waals surface area (Å²) in [6.45, 7) is 3.64. The van der Waals surface area contributed by atoms with E-state index in [0.717, 1.165) is 21.5 Å². The predicted octanol–water partition coefficient (Wildman–Crippen LogP) is 3.81. The maximum Gasteiger partial charge on any atom is 0.244 e. The third-order valence-electron chi connectivity index (χ3n) is 4.81. The summed E-state index contributed by atoms with van der Waals surface area (Å²) >= 11 is 9.60. The molecule has 0 fully saturated rings. The first-order valence-electron chi connectivity index (χ1n) is 10.1. The van der Waals surface area contributed by atoms with Crippen molar-refractivity contribution < 1.29 is 18.0 Å². The Labute approximate surface area is 202 Å². The van der Waals surface area contributed by atoms with Gasteiger partial charge in [0.2, 0.25) is 21.8 Å². The zero-order valence-electron chi connectivity index (χ0n) is 18.2. The van der Waals surface area contributed by atoms with Crippen LogP contribution in [0.15, 0.2) is 53.0 Å². The molecule has 2 amide bonds. The van der Waals surface area contributed by atoms with E-state index < -0.39 is 28.5 Å². The molecule has 2 aromatic rings. The largest absolute Gasteiger partial charge is 0.354 e. The highest BCUT2D eigenvalue weighted by Crippen LogP contribution is 2.23. The second kappa shape index (κ2) is 11.7. The van der Waals surface area contributed by atoms with E-state index in [1.54, 1.807) is 55.5 Å². The van der Waals surface area contributed by atoms with Gasteiger partial charge in [-0.2, -0.15) is 0 Å². The molecule has 0 aromatic heterocycles. The molecular formula is C22H27BrClN3O4S. The van der Waals surface area contributed by atoms with E-state index in [-0.39, 0.29) is 12.5 Å². The number of rotatable bonds is 10. The minimum absolute atomic E-state index is 0.0666. The SMILES string of the molecule is CCCNC(=O)[C@H](C)N(Cc1ccccc1Cl)C(=O)CN(c1ccc(Br)cc1)S(C)(=O)=O. The molecular weight excluding hydrogens is 518 g/mol. The summed E-state index contributed by atoms with van der Waals surface area (Å²) in [5.74, 6) is -0.834. The van der Waals surface area contributed by atoms with Gasteiger partial charge in [-0.15, -0.1) is 0 Å². The van der Waals surface area contributed by atoms with Crippen molar-refractivity contribution in [3.8, 4) is 0 Å². The maximum absolute atomic E-state index is 13.4. The molecule has 174 valence electrons.